The summed E-state index contributed by atoms with van der Waals surface area (Å²) in [6.45, 7) is 0. The number of phenolic OH excluding ortho intramolecular Hbond substituents is 2. The third-order valence-electron chi connectivity index (χ3n) is 5.77. The van der Waals surface area contributed by atoms with Gasteiger partial charge in [-0.05, 0) is 47.5 Å². The number of aliphatic hydroxyl groups is 1. The van der Waals surface area contributed by atoms with E-state index in [0.29, 0.717) is 0 Å². The van der Waals surface area contributed by atoms with Crippen LogP contribution < -0.4 is 11.8 Å². The van der Waals surface area contributed by atoms with Crippen molar-refractivity contribution in [2.45, 2.75) is 9.79 Å². The minimum atomic E-state index is -4.39. The van der Waals surface area contributed by atoms with Crippen LogP contribution in [-0.2, 0) is 28.8 Å². The molecule has 3 aromatic carbocycles. The summed E-state index contributed by atoms with van der Waals surface area (Å²) in [7, 11) is -8.78. The Kier molecular flexibility index (Phi) is 9.26. The molecule has 0 amide bonds. The second-order valence-electron chi connectivity index (χ2n) is 8.67. The monoisotopic (exact) mass is 644 g/mol. The molecule has 3 aromatic rings. The summed E-state index contributed by atoms with van der Waals surface area (Å²) in [6, 6.07) is 11.6. The summed E-state index contributed by atoms with van der Waals surface area (Å²) in [6.07, 6.45) is 6.34. The number of hydrogen-bond acceptors (Lipinski definition) is 12. The van der Waals surface area contributed by atoms with E-state index in [4.69, 9.17) is 0 Å². The van der Waals surface area contributed by atoms with Crippen molar-refractivity contribution >= 4 is 60.9 Å². The normalized spacial score (nSPS) is 13.8. The minimum absolute atomic E-state index is 0.0738. The minimum Gasteiger partial charge on any atom is -0.504 e. The van der Waals surface area contributed by atoms with Crippen LogP contribution >= 0.6 is 0 Å². The Morgan fingerprint density at radius 2 is 1.25 bits per heavy atom. The lowest BCUT2D eigenvalue weighted by molar-refractivity contribution is -0.635. The maximum Gasteiger partial charge on any atom is 0.381 e. The molecule has 4 rings (SSSR count). The zero-order chi connectivity index (χ0) is 32.1. The molecule has 0 atom stereocenters. The van der Waals surface area contributed by atoms with E-state index in [1.165, 1.54) is 60.7 Å². The first-order valence-corrected chi connectivity index (χ1v) is 14.9. The predicted octanol–water partition coefficient (Wildman–Crippen LogP) is 1.70. The molecule has 1 aliphatic rings. The molecular weight excluding hydrogens is 620 g/mol. The van der Waals surface area contributed by atoms with Gasteiger partial charge < -0.3 is 15.3 Å². The van der Waals surface area contributed by atoms with Crippen LogP contribution in [0.2, 0.25) is 0 Å². The first kappa shape index (κ1) is 31.6. The Bertz CT molecular complexity index is 2060. The lowest BCUT2D eigenvalue weighted by atomic mass is 10.1. The van der Waals surface area contributed by atoms with E-state index in [0.717, 1.165) is 24.3 Å². The van der Waals surface area contributed by atoms with Crippen LogP contribution in [0.3, 0.4) is 0 Å². The number of hydrogen-bond donors (Lipinski definition) is 5. The van der Waals surface area contributed by atoms with Gasteiger partial charge in [-0.3, -0.25) is 4.79 Å². The Balaban J connectivity index is 1.73. The highest BCUT2D eigenvalue weighted by Crippen LogP contribution is 2.32. The molecule has 0 saturated carbocycles. The second kappa shape index (κ2) is 12.9. The fraction of sp³-hybridized carbons (Fsp3) is 0. The summed E-state index contributed by atoms with van der Waals surface area (Å²) in [5.41, 5.74) is 0.654. The third kappa shape index (κ3) is 7.35. The molecule has 10 N–H and O–H groups in total. The maximum atomic E-state index is 12.7. The van der Waals surface area contributed by atoms with Gasteiger partial charge in [0, 0.05) is 12.1 Å². The number of aromatic hydroxyl groups is 2. The number of nitrogens with zero attached hydrogens (tertiary/aromatic N) is 4. The zero-order valence-electron chi connectivity index (χ0n) is 22.3. The average molecular weight is 645 g/mol. The second-order valence-corrected chi connectivity index (χ2v) is 11.8. The van der Waals surface area contributed by atoms with Gasteiger partial charge in [0.05, 0.1) is 28.3 Å². The van der Waals surface area contributed by atoms with Crippen molar-refractivity contribution in [2.75, 3.05) is 0 Å². The van der Waals surface area contributed by atoms with Crippen molar-refractivity contribution in [3.63, 3.8) is 0 Å². The van der Waals surface area contributed by atoms with Crippen molar-refractivity contribution < 1.29 is 62.1 Å². The maximum absolute atomic E-state index is 12.7. The van der Waals surface area contributed by atoms with Gasteiger partial charge in [-0.1, -0.05) is 32.9 Å². The number of allylic oxidation sites excluding steroid dienone is 3. The molecule has 0 heterocycles. The highest BCUT2D eigenvalue weighted by Gasteiger charge is 2.24. The summed E-state index contributed by atoms with van der Waals surface area (Å²) in [5, 5.41) is 40.5. The highest BCUT2D eigenvalue weighted by atomic mass is 32.2. The van der Waals surface area contributed by atoms with Crippen LogP contribution in [0.4, 0.5) is 17.1 Å². The largest absolute Gasteiger partial charge is 0.504 e. The van der Waals surface area contributed by atoms with Crippen LogP contribution in [0.5, 0.6) is 11.5 Å². The van der Waals surface area contributed by atoms with Crippen LogP contribution in [0.1, 0.15) is 11.1 Å². The summed E-state index contributed by atoms with van der Waals surface area (Å²) in [4.78, 5) is 12.6. The van der Waals surface area contributed by atoms with Crippen LogP contribution in [0.15, 0.2) is 104 Å². The summed E-state index contributed by atoms with van der Waals surface area (Å²) >= 11 is 0. The molecule has 0 aromatic heterocycles. The molecule has 18 heteroatoms. The highest BCUT2D eigenvalue weighted by molar-refractivity contribution is 7.87. The van der Waals surface area contributed by atoms with E-state index in [1.54, 1.807) is 0 Å². The van der Waals surface area contributed by atoms with Gasteiger partial charge in [0.25, 0.3) is 0 Å². The van der Waals surface area contributed by atoms with Crippen molar-refractivity contribution in [1.29, 1.82) is 0 Å². The number of rotatable bonds is 9. The molecule has 0 bridgehead atoms. The van der Waals surface area contributed by atoms with E-state index in [1.807, 2.05) is 0 Å². The summed E-state index contributed by atoms with van der Waals surface area (Å²) in [5.74, 6) is 4.42. The molecular formula is C26H24N6O10S2+4. The van der Waals surface area contributed by atoms with E-state index in [2.05, 4.69) is 40.5 Å². The van der Waals surface area contributed by atoms with Crippen molar-refractivity contribution in [2.24, 2.45) is 15.3 Å². The van der Waals surface area contributed by atoms with Gasteiger partial charge in [-0.2, -0.15) is 38.9 Å². The van der Waals surface area contributed by atoms with Crippen molar-refractivity contribution in [3.05, 3.63) is 89.7 Å². The van der Waals surface area contributed by atoms with Gasteiger partial charge >= 0.3 is 31.7 Å². The Hall–Kier alpha value is -5.33. The fourth-order valence-corrected chi connectivity index (χ4v) is 5.20. The fourth-order valence-electron chi connectivity index (χ4n) is 3.56. The Morgan fingerprint density at radius 1 is 0.727 bits per heavy atom. The van der Waals surface area contributed by atoms with E-state index in [-0.39, 0.29) is 55.2 Å². The van der Waals surface area contributed by atoms with E-state index in [9.17, 15) is 36.9 Å². The average Bonchev–Trinajstić information content (AvgIpc) is 3.01. The van der Waals surface area contributed by atoms with Crippen LogP contribution in [0.25, 0.3) is 12.2 Å². The first-order valence-electron chi connectivity index (χ1n) is 12.0. The van der Waals surface area contributed by atoms with Gasteiger partial charge in [-0.15, -0.1) is 0 Å². The number of benzene rings is 3. The zero-order valence-corrected chi connectivity index (χ0v) is 24.0. The predicted molar refractivity (Wildman–Crippen MR) is 152 cm³/mol. The third-order valence-corrected chi connectivity index (χ3v) is 8.17. The van der Waals surface area contributed by atoms with E-state index >= 15 is 0 Å². The molecule has 226 valence electrons. The van der Waals surface area contributed by atoms with Gasteiger partial charge in [-0.25, -0.2) is 0 Å². The van der Waals surface area contributed by atoms with Crippen molar-refractivity contribution in [1.82, 2.24) is 0 Å². The molecule has 0 saturated heterocycles. The molecule has 44 heavy (non-hydrogen) atoms. The smallest absolute Gasteiger partial charge is 0.381 e. The Morgan fingerprint density at radius 3 is 1.80 bits per heavy atom. The van der Waals surface area contributed by atoms with Gasteiger partial charge in [0.15, 0.2) is 17.2 Å². The van der Waals surface area contributed by atoms with Gasteiger partial charge in [0.1, 0.15) is 14.9 Å². The molecule has 0 radical (unpaired) electrons. The number of ketones is 1. The van der Waals surface area contributed by atoms with Crippen LogP contribution in [0, 0.1) is 0 Å². The Labute approximate surface area is 249 Å². The number of carbonyl (C=O) groups excluding carboxylic acids is 1. The summed E-state index contributed by atoms with van der Waals surface area (Å²) < 4.78 is 59.5. The number of aliphatic hydroxyl groups excluding tert-OH is 1. The quantitative estimate of drug-likeness (QED) is 0.0430. The lowest BCUT2D eigenvalue weighted by Gasteiger charge is -2.07. The van der Waals surface area contributed by atoms with Crippen LogP contribution in [-0.4, -0.2) is 53.2 Å². The molecule has 1 aliphatic carbocycles. The number of phenols is 2. The molecule has 0 aliphatic heterocycles. The van der Waals surface area contributed by atoms with Gasteiger partial charge in [0.2, 0.25) is 5.76 Å². The topological polar surface area (TPSA) is 275 Å². The lowest BCUT2D eigenvalue weighted by Crippen LogP contribution is -2.51. The molecule has 0 unspecified atom stereocenters. The SMILES string of the molecule is [NH3+]OS(=O)(=O)c1cc(N=Nc2ccc(O)c(O)c2)ccc1/C=C/c1ccc(N=[N+]=C2C=CC(=[OH+])C(O)=C2)cc1S(=O)(=O)O[NH3+]. The first-order chi connectivity index (χ1) is 20.8. The molecule has 16 nitrogen and oxygen atoms in total. The number of quaternary nitrogens is 2. The van der Waals surface area contributed by atoms with E-state index < -0.39 is 31.7 Å². The number of azo groups is 1. The molecule has 0 fully saturated rings. The van der Waals surface area contributed by atoms with Crippen molar-refractivity contribution in [3.8, 4) is 11.5 Å². The standard InChI is InChI=1S/C26H20N6O10S2/c27-41-43(37,38)25-13-19(31-29-17-7-9-21(33)23(35)11-17)5-3-15(25)1-2-16-4-6-20(14-26(16)44(39,40)42-28)32-30-18-8-10-22(34)24(36)12-18/h1-14H,27-28H3/p+4. The molecule has 0 spiro atoms.